The summed E-state index contributed by atoms with van der Waals surface area (Å²) in [5, 5.41) is 2.50. The number of nitrogens with one attached hydrogen (secondary N) is 1. The van der Waals surface area contributed by atoms with Gasteiger partial charge in [-0.25, -0.2) is 17.1 Å². The van der Waals surface area contributed by atoms with Gasteiger partial charge < -0.3 is 5.32 Å². The van der Waals surface area contributed by atoms with Gasteiger partial charge in [0.15, 0.2) is 0 Å². The summed E-state index contributed by atoms with van der Waals surface area (Å²) >= 11 is 5.80. The van der Waals surface area contributed by atoms with E-state index in [2.05, 4.69) is 5.32 Å². The van der Waals surface area contributed by atoms with E-state index in [1.54, 1.807) is 0 Å². The summed E-state index contributed by atoms with van der Waals surface area (Å²) in [5.74, 6) is -1.22. The number of rotatable bonds is 7. The number of carbonyl (C=O) groups excluding carboxylic acids is 1. The monoisotopic (exact) mass is 350 g/mol. The summed E-state index contributed by atoms with van der Waals surface area (Å²) in [6, 6.07) is 3.96. The Labute approximate surface area is 135 Å². The lowest BCUT2D eigenvalue weighted by Crippen LogP contribution is -2.40. The minimum atomic E-state index is -3.36. The molecule has 8 heteroatoms. The molecule has 0 aliphatic heterocycles. The van der Waals surface area contributed by atoms with Crippen molar-refractivity contribution in [3.05, 3.63) is 34.6 Å². The average Bonchev–Trinajstić information content (AvgIpc) is 2.35. The second-order valence-electron chi connectivity index (χ2n) is 5.37. The molecular weight excluding hydrogens is 331 g/mol. The number of sulfonamides is 1. The van der Waals surface area contributed by atoms with E-state index in [0.29, 0.717) is 6.54 Å². The SMILES string of the molecule is CC(C)CN(CCNC(=O)c1c(F)cccc1Cl)S(C)(=O)=O. The number of carbonyl (C=O) groups is 1. The molecule has 0 saturated heterocycles. The summed E-state index contributed by atoms with van der Waals surface area (Å²) in [7, 11) is -3.36. The maximum Gasteiger partial charge on any atom is 0.255 e. The molecule has 0 unspecified atom stereocenters. The van der Waals surface area contributed by atoms with E-state index in [0.717, 1.165) is 12.3 Å². The van der Waals surface area contributed by atoms with Crippen molar-refractivity contribution in [2.24, 2.45) is 5.92 Å². The fourth-order valence-electron chi connectivity index (χ4n) is 1.90. The summed E-state index contributed by atoms with van der Waals surface area (Å²) in [6.07, 6.45) is 1.12. The first kappa shape index (κ1) is 18.9. The van der Waals surface area contributed by atoms with Crippen molar-refractivity contribution in [2.45, 2.75) is 13.8 Å². The van der Waals surface area contributed by atoms with Crippen molar-refractivity contribution in [1.82, 2.24) is 9.62 Å². The molecule has 124 valence electrons. The van der Waals surface area contributed by atoms with Crippen LogP contribution in [-0.2, 0) is 10.0 Å². The van der Waals surface area contributed by atoms with E-state index in [4.69, 9.17) is 11.6 Å². The zero-order valence-electron chi connectivity index (χ0n) is 12.8. The largest absolute Gasteiger partial charge is 0.351 e. The molecule has 0 spiro atoms. The van der Waals surface area contributed by atoms with Crippen LogP contribution >= 0.6 is 11.6 Å². The highest BCUT2D eigenvalue weighted by Crippen LogP contribution is 2.18. The predicted molar refractivity (Wildman–Crippen MR) is 85.0 cm³/mol. The predicted octanol–water partition coefficient (Wildman–Crippen LogP) is 2.13. The highest BCUT2D eigenvalue weighted by molar-refractivity contribution is 7.88. The summed E-state index contributed by atoms with van der Waals surface area (Å²) in [5.41, 5.74) is -0.237. The maximum absolute atomic E-state index is 13.6. The number of amides is 1. The Morgan fingerprint density at radius 2 is 2.05 bits per heavy atom. The molecule has 0 heterocycles. The minimum Gasteiger partial charge on any atom is -0.351 e. The smallest absolute Gasteiger partial charge is 0.255 e. The molecule has 1 aromatic carbocycles. The van der Waals surface area contributed by atoms with E-state index in [1.807, 2.05) is 13.8 Å². The molecule has 0 fully saturated rings. The van der Waals surface area contributed by atoms with Crippen molar-refractivity contribution in [3.8, 4) is 0 Å². The Balaban J connectivity index is 2.67. The quantitative estimate of drug-likeness (QED) is 0.819. The van der Waals surface area contributed by atoms with Gasteiger partial charge in [-0.05, 0) is 18.1 Å². The molecule has 0 aliphatic carbocycles. The molecule has 0 saturated carbocycles. The fraction of sp³-hybridized carbons (Fsp3) is 0.500. The van der Waals surface area contributed by atoms with Gasteiger partial charge in [0.1, 0.15) is 5.82 Å². The van der Waals surface area contributed by atoms with E-state index >= 15 is 0 Å². The standard InChI is InChI=1S/C14H20ClFN2O3S/c1-10(2)9-18(22(3,20)21)8-7-17-14(19)13-11(15)5-4-6-12(13)16/h4-6,10H,7-9H2,1-3H3,(H,17,19). The number of benzene rings is 1. The maximum atomic E-state index is 13.6. The highest BCUT2D eigenvalue weighted by Gasteiger charge is 2.19. The highest BCUT2D eigenvalue weighted by atomic mass is 35.5. The van der Waals surface area contributed by atoms with E-state index < -0.39 is 21.7 Å². The summed E-state index contributed by atoms with van der Waals surface area (Å²) < 4.78 is 38.2. The minimum absolute atomic E-state index is 0.0136. The zero-order valence-corrected chi connectivity index (χ0v) is 14.3. The van der Waals surface area contributed by atoms with Crippen molar-refractivity contribution < 1.29 is 17.6 Å². The van der Waals surface area contributed by atoms with Crippen molar-refractivity contribution >= 4 is 27.5 Å². The normalized spacial score (nSPS) is 12.0. The molecule has 1 aromatic rings. The third kappa shape index (κ3) is 5.55. The second kappa shape index (κ2) is 7.89. The van der Waals surface area contributed by atoms with Crippen LogP contribution in [0.5, 0.6) is 0 Å². The van der Waals surface area contributed by atoms with Gasteiger partial charge in [-0.15, -0.1) is 0 Å². The van der Waals surface area contributed by atoms with Crippen molar-refractivity contribution in [3.63, 3.8) is 0 Å². The molecule has 1 amide bonds. The van der Waals surface area contributed by atoms with Crippen molar-refractivity contribution in [2.75, 3.05) is 25.9 Å². The lowest BCUT2D eigenvalue weighted by molar-refractivity contribution is 0.0947. The Bertz CT molecular complexity index is 615. The molecule has 0 aliphatic rings. The zero-order chi connectivity index (χ0) is 16.9. The summed E-state index contributed by atoms with van der Waals surface area (Å²) in [4.78, 5) is 11.9. The molecule has 1 N–H and O–H groups in total. The Kier molecular flexibility index (Phi) is 6.77. The van der Waals surface area contributed by atoms with Crippen LogP contribution in [-0.4, -0.2) is 44.5 Å². The van der Waals surface area contributed by atoms with Gasteiger partial charge in [-0.3, -0.25) is 4.79 Å². The van der Waals surface area contributed by atoms with Gasteiger partial charge >= 0.3 is 0 Å². The third-order valence-corrected chi connectivity index (χ3v) is 4.46. The first-order valence-electron chi connectivity index (χ1n) is 6.80. The molecule has 1 rings (SSSR count). The van der Waals surface area contributed by atoms with Crippen LogP contribution in [0.25, 0.3) is 0 Å². The molecule has 22 heavy (non-hydrogen) atoms. The number of hydrogen-bond acceptors (Lipinski definition) is 3. The first-order valence-corrected chi connectivity index (χ1v) is 9.03. The lowest BCUT2D eigenvalue weighted by atomic mass is 10.2. The van der Waals surface area contributed by atoms with Gasteiger partial charge in [0.05, 0.1) is 16.8 Å². The Hall–Kier alpha value is -1.18. The van der Waals surface area contributed by atoms with Crippen LogP contribution in [0.3, 0.4) is 0 Å². The Morgan fingerprint density at radius 3 is 2.55 bits per heavy atom. The van der Waals surface area contributed by atoms with Gasteiger partial charge in [0, 0.05) is 19.6 Å². The average molecular weight is 351 g/mol. The molecule has 5 nitrogen and oxygen atoms in total. The van der Waals surface area contributed by atoms with Crippen LogP contribution in [0.15, 0.2) is 18.2 Å². The molecule has 0 radical (unpaired) electrons. The van der Waals surface area contributed by atoms with Crippen LogP contribution < -0.4 is 5.32 Å². The number of halogens is 2. The first-order chi connectivity index (χ1) is 10.1. The molecular formula is C14H20ClFN2O3S. The topological polar surface area (TPSA) is 66.5 Å². The Morgan fingerprint density at radius 1 is 1.41 bits per heavy atom. The van der Waals surface area contributed by atoms with E-state index in [-0.39, 0.29) is 29.6 Å². The fourth-order valence-corrected chi connectivity index (χ4v) is 3.14. The van der Waals surface area contributed by atoms with Gasteiger partial charge in [-0.1, -0.05) is 31.5 Å². The van der Waals surface area contributed by atoms with Gasteiger partial charge in [0.2, 0.25) is 10.0 Å². The van der Waals surface area contributed by atoms with Gasteiger partial charge in [-0.2, -0.15) is 0 Å². The number of nitrogens with zero attached hydrogens (tertiary/aromatic N) is 1. The molecule has 0 atom stereocenters. The second-order valence-corrected chi connectivity index (χ2v) is 7.76. The molecule has 0 aromatic heterocycles. The van der Waals surface area contributed by atoms with Crippen LogP contribution in [0.2, 0.25) is 5.02 Å². The van der Waals surface area contributed by atoms with Crippen LogP contribution in [0, 0.1) is 11.7 Å². The number of hydrogen-bond donors (Lipinski definition) is 1. The van der Waals surface area contributed by atoms with Crippen LogP contribution in [0.4, 0.5) is 4.39 Å². The van der Waals surface area contributed by atoms with Crippen molar-refractivity contribution in [1.29, 1.82) is 0 Å². The van der Waals surface area contributed by atoms with Gasteiger partial charge in [0.25, 0.3) is 5.91 Å². The summed E-state index contributed by atoms with van der Waals surface area (Å²) in [6.45, 7) is 4.35. The third-order valence-electron chi connectivity index (χ3n) is 2.87. The van der Waals surface area contributed by atoms with E-state index in [1.165, 1.54) is 16.4 Å². The molecule has 0 bridgehead atoms. The van der Waals surface area contributed by atoms with E-state index in [9.17, 15) is 17.6 Å². The lowest BCUT2D eigenvalue weighted by Gasteiger charge is -2.22. The van der Waals surface area contributed by atoms with Crippen LogP contribution in [0.1, 0.15) is 24.2 Å².